The predicted molar refractivity (Wildman–Crippen MR) is 129 cm³/mol. The van der Waals surface area contributed by atoms with Crippen molar-refractivity contribution in [2.24, 2.45) is 18.0 Å². The molecule has 10 nitrogen and oxygen atoms in total. The van der Waals surface area contributed by atoms with Crippen molar-refractivity contribution in [3.05, 3.63) is 58.3 Å². The van der Waals surface area contributed by atoms with Gasteiger partial charge in [-0.2, -0.15) is 5.10 Å². The van der Waals surface area contributed by atoms with Crippen molar-refractivity contribution >= 4 is 28.7 Å². The molecule has 2 N–H and O–H groups in total. The van der Waals surface area contributed by atoms with Gasteiger partial charge in [0.2, 0.25) is 11.8 Å². The molecule has 0 unspecified atom stereocenters. The van der Waals surface area contributed by atoms with E-state index < -0.39 is 0 Å². The molecule has 178 valence electrons. The highest BCUT2D eigenvalue weighted by molar-refractivity contribution is 6.00. The topological polar surface area (TPSA) is 129 Å². The van der Waals surface area contributed by atoms with Gasteiger partial charge in [0.1, 0.15) is 11.2 Å². The van der Waals surface area contributed by atoms with Gasteiger partial charge in [0.15, 0.2) is 11.5 Å². The molecule has 1 aliphatic rings. The zero-order valence-electron chi connectivity index (χ0n) is 19.5. The van der Waals surface area contributed by atoms with Crippen LogP contribution >= 0.6 is 0 Å². The smallest absolute Gasteiger partial charge is 0.262 e. The number of benzene rings is 1. The molecule has 4 rings (SSSR count). The highest BCUT2D eigenvalue weighted by atomic mass is 16.5. The van der Waals surface area contributed by atoms with Crippen molar-refractivity contribution in [2.75, 3.05) is 20.1 Å². The van der Waals surface area contributed by atoms with E-state index in [2.05, 4.69) is 20.1 Å². The van der Waals surface area contributed by atoms with Gasteiger partial charge in [0.05, 0.1) is 6.20 Å². The van der Waals surface area contributed by atoms with Crippen molar-refractivity contribution in [2.45, 2.75) is 32.1 Å². The monoisotopic (exact) mass is 463 g/mol. The van der Waals surface area contributed by atoms with E-state index in [9.17, 15) is 9.59 Å². The Balaban J connectivity index is 1.25. The Morgan fingerprint density at radius 3 is 2.71 bits per heavy atom. The Kier molecular flexibility index (Phi) is 7.15. The van der Waals surface area contributed by atoms with Gasteiger partial charge in [-0.3, -0.25) is 24.7 Å². The van der Waals surface area contributed by atoms with Crippen LogP contribution in [0.25, 0.3) is 11.0 Å². The number of H-pyrrole nitrogens is 1. The summed E-state index contributed by atoms with van der Waals surface area (Å²) >= 11 is 0. The number of piperidine rings is 1. The number of aliphatic imine (C=N–C) groups is 1. The average Bonchev–Trinajstić information content (AvgIpc) is 3.24. The molecule has 1 fully saturated rings. The zero-order chi connectivity index (χ0) is 24.1. The number of hydrogen-bond acceptors (Lipinski definition) is 7. The van der Waals surface area contributed by atoms with Crippen LogP contribution in [0, 0.1) is 11.3 Å². The van der Waals surface area contributed by atoms with Gasteiger partial charge in [0, 0.05) is 51.5 Å². The fourth-order valence-electron chi connectivity index (χ4n) is 4.20. The summed E-state index contributed by atoms with van der Waals surface area (Å²) in [5.74, 6) is 1.36. The van der Waals surface area contributed by atoms with Gasteiger partial charge >= 0.3 is 0 Å². The maximum Gasteiger partial charge on any atom is 0.262 e. The number of carbonyl (C=O) groups is 1. The molecule has 1 aromatic carbocycles. The Hall–Kier alpha value is -3.82. The van der Waals surface area contributed by atoms with Crippen LogP contribution in [0.3, 0.4) is 0 Å². The molecule has 0 atom stereocenters. The normalized spacial score (nSPS) is 15.0. The van der Waals surface area contributed by atoms with E-state index in [1.165, 1.54) is 6.20 Å². The molecule has 3 aromatic rings. The summed E-state index contributed by atoms with van der Waals surface area (Å²) in [4.78, 5) is 38.3. The summed E-state index contributed by atoms with van der Waals surface area (Å²) < 4.78 is 7.34. The number of aromatic amines is 1. The molecule has 0 spiro atoms. The van der Waals surface area contributed by atoms with Crippen LogP contribution in [0.4, 0.5) is 0 Å². The molecule has 1 amide bonds. The SMILES string of the molecule is CN=C(OC(=N)c1ccccc1)C1CCN(C(=O)CCCc2nc3c(cnn3C)c(=O)[nH]2)CC1. The number of aromatic nitrogens is 4. The van der Waals surface area contributed by atoms with Crippen molar-refractivity contribution in [1.82, 2.24) is 24.6 Å². The number of amides is 1. The first-order valence-corrected chi connectivity index (χ1v) is 11.4. The summed E-state index contributed by atoms with van der Waals surface area (Å²) in [5, 5.41) is 12.7. The lowest BCUT2D eigenvalue weighted by Gasteiger charge is -2.32. The van der Waals surface area contributed by atoms with E-state index >= 15 is 0 Å². The zero-order valence-corrected chi connectivity index (χ0v) is 19.5. The molecule has 3 heterocycles. The van der Waals surface area contributed by atoms with E-state index in [4.69, 9.17) is 10.1 Å². The summed E-state index contributed by atoms with van der Waals surface area (Å²) in [6.45, 7) is 1.25. The maximum absolute atomic E-state index is 12.7. The number of hydrogen-bond donors (Lipinski definition) is 2. The van der Waals surface area contributed by atoms with Gasteiger partial charge in [-0.05, 0) is 31.4 Å². The second-order valence-electron chi connectivity index (χ2n) is 8.39. The molecule has 0 saturated carbocycles. The Morgan fingerprint density at radius 1 is 1.26 bits per heavy atom. The molecule has 0 aliphatic carbocycles. The minimum atomic E-state index is -0.211. The molecular weight excluding hydrogens is 434 g/mol. The third-order valence-electron chi connectivity index (χ3n) is 6.11. The van der Waals surface area contributed by atoms with Gasteiger partial charge < -0.3 is 14.6 Å². The molecular formula is C24H29N7O3. The van der Waals surface area contributed by atoms with Crippen LogP contribution < -0.4 is 5.56 Å². The average molecular weight is 464 g/mol. The fraction of sp³-hybridized carbons (Fsp3) is 0.417. The number of nitrogens with zero attached hydrogens (tertiary/aromatic N) is 5. The van der Waals surface area contributed by atoms with Gasteiger partial charge in [-0.15, -0.1) is 0 Å². The van der Waals surface area contributed by atoms with E-state index in [0.29, 0.717) is 60.7 Å². The molecule has 0 bridgehead atoms. The van der Waals surface area contributed by atoms with Crippen LogP contribution in [0.5, 0.6) is 0 Å². The molecule has 10 heteroatoms. The largest absolute Gasteiger partial charge is 0.425 e. The van der Waals surface area contributed by atoms with Crippen LogP contribution in [-0.4, -0.2) is 62.5 Å². The second kappa shape index (κ2) is 10.4. The summed E-state index contributed by atoms with van der Waals surface area (Å²) in [6, 6.07) is 9.29. The number of rotatable bonds is 6. The van der Waals surface area contributed by atoms with Crippen molar-refractivity contribution in [3.63, 3.8) is 0 Å². The molecule has 2 aromatic heterocycles. The highest BCUT2D eigenvalue weighted by Crippen LogP contribution is 2.21. The van der Waals surface area contributed by atoms with Crippen LogP contribution in [-0.2, 0) is 23.0 Å². The minimum Gasteiger partial charge on any atom is -0.425 e. The first kappa shape index (κ1) is 23.3. The summed E-state index contributed by atoms with van der Waals surface area (Å²) in [6.07, 6.45) is 4.49. The van der Waals surface area contributed by atoms with Gasteiger partial charge in [-0.25, -0.2) is 4.98 Å². The minimum absolute atomic E-state index is 0.0793. The molecule has 34 heavy (non-hydrogen) atoms. The third-order valence-corrected chi connectivity index (χ3v) is 6.11. The van der Waals surface area contributed by atoms with Crippen molar-refractivity contribution in [3.8, 4) is 0 Å². The highest BCUT2D eigenvalue weighted by Gasteiger charge is 2.27. The molecule has 0 radical (unpaired) electrons. The lowest BCUT2D eigenvalue weighted by molar-refractivity contribution is -0.132. The van der Waals surface area contributed by atoms with E-state index in [1.807, 2.05) is 35.2 Å². The maximum atomic E-state index is 12.7. The molecule has 1 saturated heterocycles. The first-order chi connectivity index (χ1) is 16.5. The number of nitrogens with one attached hydrogen (secondary N) is 2. The Labute approximate surface area is 197 Å². The van der Waals surface area contributed by atoms with Crippen LogP contribution in [0.1, 0.15) is 37.1 Å². The lowest BCUT2D eigenvalue weighted by atomic mass is 9.96. The number of fused-ring (bicyclic) bond motifs is 1. The van der Waals surface area contributed by atoms with Gasteiger partial charge in [0.25, 0.3) is 5.56 Å². The Morgan fingerprint density at radius 2 is 2.00 bits per heavy atom. The predicted octanol–water partition coefficient (Wildman–Crippen LogP) is 2.29. The van der Waals surface area contributed by atoms with E-state index in [-0.39, 0.29) is 23.3 Å². The van der Waals surface area contributed by atoms with Gasteiger partial charge in [-0.1, -0.05) is 18.2 Å². The third kappa shape index (κ3) is 5.22. The number of likely N-dealkylation sites (tertiary alicyclic amines) is 1. The summed E-state index contributed by atoms with van der Waals surface area (Å²) in [5.41, 5.74) is 1.04. The quantitative estimate of drug-likeness (QED) is 0.428. The lowest BCUT2D eigenvalue weighted by Crippen LogP contribution is -2.41. The number of aryl methyl sites for hydroxylation is 2. The van der Waals surface area contributed by atoms with E-state index in [0.717, 1.165) is 12.8 Å². The van der Waals surface area contributed by atoms with Crippen LogP contribution in [0.2, 0.25) is 0 Å². The van der Waals surface area contributed by atoms with Crippen molar-refractivity contribution in [1.29, 1.82) is 5.41 Å². The van der Waals surface area contributed by atoms with Crippen LogP contribution in [0.15, 0.2) is 46.3 Å². The standard InChI is InChI=1S/C24H29N7O3/c1-26-24(34-21(25)16-7-4-3-5-8-16)17-11-13-31(14-12-17)20(32)10-6-9-19-28-22-18(23(33)29-19)15-27-30(22)2/h3-5,7-8,15,17,25H,6,9-14H2,1-2H3,(H,28,29,33). The molecule has 1 aliphatic heterocycles. The van der Waals surface area contributed by atoms with Crippen molar-refractivity contribution < 1.29 is 9.53 Å². The van der Waals surface area contributed by atoms with E-state index in [1.54, 1.807) is 18.8 Å². The number of carbonyl (C=O) groups excluding carboxylic acids is 1. The fourth-order valence-corrected chi connectivity index (χ4v) is 4.20. The Bertz CT molecular complexity index is 1250. The number of ether oxygens (including phenoxy) is 1. The second-order valence-corrected chi connectivity index (χ2v) is 8.39. The summed E-state index contributed by atoms with van der Waals surface area (Å²) in [7, 11) is 3.42. The first-order valence-electron chi connectivity index (χ1n) is 11.4.